The highest BCUT2D eigenvalue weighted by Gasteiger charge is 2.50. The van der Waals surface area contributed by atoms with E-state index in [0.29, 0.717) is 17.5 Å². The Bertz CT molecular complexity index is 849. The van der Waals surface area contributed by atoms with Gasteiger partial charge in [0, 0.05) is 11.0 Å². The Balaban J connectivity index is 2.51. The molecule has 0 saturated carbocycles. The van der Waals surface area contributed by atoms with Crippen LogP contribution in [0.1, 0.15) is 71.3 Å². The van der Waals surface area contributed by atoms with E-state index in [1.807, 2.05) is 34.6 Å². The van der Waals surface area contributed by atoms with E-state index in [1.165, 1.54) is 0 Å². The molecular formula is C23H32Cl2O5. The second kappa shape index (κ2) is 8.33. The Morgan fingerprint density at radius 1 is 1.17 bits per heavy atom. The summed E-state index contributed by atoms with van der Waals surface area (Å²) in [4.78, 5) is 25.2. The molecule has 0 bridgehead atoms. The first-order valence-electron chi connectivity index (χ1n) is 10.1. The first-order chi connectivity index (χ1) is 13.5. The zero-order valence-electron chi connectivity index (χ0n) is 19.0. The number of halogens is 2. The minimum absolute atomic E-state index is 0.000281. The van der Waals surface area contributed by atoms with Gasteiger partial charge in [0.25, 0.3) is 0 Å². The molecule has 5 nitrogen and oxygen atoms in total. The summed E-state index contributed by atoms with van der Waals surface area (Å²) in [6.45, 7) is 15.4. The quantitative estimate of drug-likeness (QED) is 0.559. The molecule has 0 saturated heterocycles. The zero-order valence-corrected chi connectivity index (χ0v) is 20.5. The Labute approximate surface area is 189 Å². The van der Waals surface area contributed by atoms with E-state index < -0.39 is 28.5 Å². The van der Waals surface area contributed by atoms with Crippen LogP contribution in [0, 0.1) is 16.7 Å². The average Bonchev–Trinajstić information content (AvgIpc) is 2.86. The smallest absolute Gasteiger partial charge is 0.345 e. The summed E-state index contributed by atoms with van der Waals surface area (Å²) in [6.07, 6.45) is -0.699. The highest BCUT2D eigenvalue weighted by Crippen LogP contribution is 2.50. The second-order valence-corrected chi connectivity index (χ2v) is 11.2. The van der Waals surface area contributed by atoms with E-state index in [4.69, 9.17) is 32.7 Å². The Morgan fingerprint density at radius 2 is 1.73 bits per heavy atom. The van der Waals surface area contributed by atoms with Gasteiger partial charge in [0.05, 0.1) is 22.6 Å². The minimum atomic E-state index is -1.12. The fraction of sp³-hybridized carbons (Fsp3) is 0.652. The van der Waals surface area contributed by atoms with Crippen LogP contribution in [0.4, 0.5) is 0 Å². The third-order valence-electron chi connectivity index (χ3n) is 5.56. The lowest BCUT2D eigenvalue weighted by Gasteiger charge is -2.34. The molecule has 0 spiro atoms. The summed E-state index contributed by atoms with van der Waals surface area (Å²) in [7, 11) is 0. The van der Waals surface area contributed by atoms with Gasteiger partial charge in [0.2, 0.25) is 0 Å². The van der Waals surface area contributed by atoms with Crippen LogP contribution in [-0.4, -0.2) is 35.2 Å². The van der Waals surface area contributed by atoms with Crippen molar-refractivity contribution in [2.24, 2.45) is 16.7 Å². The van der Waals surface area contributed by atoms with Gasteiger partial charge in [-0.2, -0.15) is 0 Å². The number of carboxylic acid groups (broad SMARTS) is 1. The molecule has 1 aromatic carbocycles. The SMILES string of the molecule is CC(C)C1(COC(C)(C)C)Cc2cc(OC(C(=O)O)C(C)(C)C)c(Cl)c(Cl)c2C1=O. The molecule has 0 aromatic heterocycles. The van der Waals surface area contributed by atoms with Crippen molar-refractivity contribution in [2.45, 2.75) is 73.5 Å². The molecule has 1 aromatic rings. The number of fused-ring (bicyclic) bond motifs is 1. The van der Waals surface area contributed by atoms with E-state index in [2.05, 4.69) is 0 Å². The van der Waals surface area contributed by atoms with Gasteiger partial charge >= 0.3 is 5.97 Å². The second-order valence-electron chi connectivity index (χ2n) is 10.5. The van der Waals surface area contributed by atoms with Crippen molar-refractivity contribution >= 4 is 35.0 Å². The molecule has 1 N–H and O–H groups in total. The third kappa shape index (κ3) is 4.79. The first kappa shape index (κ1) is 25.0. The number of ketones is 1. The molecule has 0 amide bonds. The summed E-state index contributed by atoms with van der Waals surface area (Å²) in [5, 5.41) is 9.75. The van der Waals surface area contributed by atoms with E-state index in [9.17, 15) is 14.7 Å². The number of carbonyl (C=O) groups excluding carboxylic acids is 1. The predicted molar refractivity (Wildman–Crippen MR) is 119 cm³/mol. The van der Waals surface area contributed by atoms with Gasteiger partial charge in [0.1, 0.15) is 10.8 Å². The summed E-state index contributed by atoms with van der Waals surface area (Å²) in [6, 6.07) is 1.66. The number of rotatable bonds is 6. The van der Waals surface area contributed by atoms with Crippen LogP contribution in [-0.2, 0) is 16.0 Å². The topological polar surface area (TPSA) is 72.8 Å². The van der Waals surface area contributed by atoms with Gasteiger partial charge in [-0.15, -0.1) is 0 Å². The molecule has 1 aliphatic carbocycles. The number of hydrogen-bond acceptors (Lipinski definition) is 4. The molecule has 2 unspecified atom stereocenters. The maximum absolute atomic E-state index is 13.5. The number of benzene rings is 1. The van der Waals surface area contributed by atoms with Crippen molar-refractivity contribution in [3.63, 3.8) is 0 Å². The molecule has 0 fully saturated rings. The minimum Gasteiger partial charge on any atom is -0.478 e. The van der Waals surface area contributed by atoms with E-state index in [1.54, 1.807) is 26.8 Å². The predicted octanol–water partition coefficient (Wildman–Crippen LogP) is 6.07. The average molecular weight is 459 g/mol. The zero-order chi connectivity index (χ0) is 23.2. The molecule has 1 aliphatic rings. The van der Waals surface area contributed by atoms with Crippen LogP contribution in [0.25, 0.3) is 0 Å². The fourth-order valence-electron chi connectivity index (χ4n) is 3.61. The largest absolute Gasteiger partial charge is 0.478 e. The Kier molecular flexibility index (Phi) is 6.93. The summed E-state index contributed by atoms with van der Waals surface area (Å²) < 4.78 is 11.8. The number of hydrogen-bond donors (Lipinski definition) is 1. The van der Waals surface area contributed by atoms with Gasteiger partial charge in [-0.05, 0) is 44.7 Å². The number of aliphatic carboxylic acids is 1. The molecule has 2 rings (SSSR count). The molecule has 30 heavy (non-hydrogen) atoms. The maximum Gasteiger partial charge on any atom is 0.345 e. The monoisotopic (exact) mass is 458 g/mol. The van der Waals surface area contributed by atoms with E-state index >= 15 is 0 Å². The number of carboxylic acids is 1. The van der Waals surface area contributed by atoms with Crippen molar-refractivity contribution in [1.82, 2.24) is 0 Å². The summed E-state index contributed by atoms with van der Waals surface area (Å²) in [5.74, 6) is -1.02. The van der Waals surface area contributed by atoms with Gasteiger partial charge in [-0.1, -0.05) is 57.8 Å². The number of carbonyl (C=O) groups is 2. The molecule has 2 atom stereocenters. The lowest BCUT2D eigenvalue weighted by atomic mass is 9.74. The van der Waals surface area contributed by atoms with E-state index in [0.717, 1.165) is 0 Å². The fourth-order valence-corrected chi connectivity index (χ4v) is 4.11. The third-order valence-corrected chi connectivity index (χ3v) is 6.41. The Hall–Kier alpha value is -1.30. The van der Waals surface area contributed by atoms with Gasteiger partial charge < -0.3 is 14.6 Å². The van der Waals surface area contributed by atoms with Crippen molar-refractivity contribution < 1.29 is 24.2 Å². The van der Waals surface area contributed by atoms with Crippen LogP contribution >= 0.6 is 23.2 Å². The Morgan fingerprint density at radius 3 is 2.17 bits per heavy atom. The van der Waals surface area contributed by atoms with Crippen LogP contribution in [0.5, 0.6) is 5.75 Å². The molecule has 0 aliphatic heterocycles. The van der Waals surface area contributed by atoms with Gasteiger partial charge in [0.15, 0.2) is 11.9 Å². The van der Waals surface area contributed by atoms with Gasteiger partial charge in [-0.3, -0.25) is 4.79 Å². The van der Waals surface area contributed by atoms with Crippen LogP contribution in [0.15, 0.2) is 6.07 Å². The van der Waals surface area contributed by atoms with Crippen molar-refractivity contribution in [1.29, 1.82) is 0 Å². The lowest BCUT2D eigenvalue weighted by molar-refractivity contribution is -0.150. The molecule has 0 radical (unpaired) electrons. The molecular weight excluding hydrogens is 427 g/mol. The molecule has 168 valence electrons. The van der Waals surface area contributed by atoms with Crippen molar-refractivity contribution in [3.05, 3.63) is 27.2 Å². The number of ether oxygens (including phenoxy) is 2. The summed E-state index contributed by atoms with van der Waals surface area (Å²) in [5.41, 5.74) is -0.749. The van der Waals surface area contributed by atoms with Crippen molar-refractivity contribution in [2.75, 3.05) is 6.61 Å². The summed E-state index contributed by atoms with van der Waals surface area (Å²) >= 11 is 12.9. The van der Waals surface area contributed by atoms with Gasteiger partial charge in [-0.25, -0.2) is 4.79 Å². The maximum atomic E-state index is 13.5. The van der Waals surface area contributed by atoms with Crippen LogP contribution in [0.3, 0.4) is 0 Å². The number of Topliss-reactive ketones (excluding diaryl/α,β-unsaturated/α-hetero) is 1. The first-order valence-corrected chi connectivity index (χ1v) is 10.9. The highest BCUT2D eigenvalue weighted by molar-refractivity contribution is 6.45. The standard InChI is InChI=1S/C23H32Cl2O5/c1-12(2)23(11-29-22(6,7)8)10-13-9-14(16(24)17(25)15(13)18(23)26)30-19(20(27)28)21(3,4)5/h9,12,19H,10-11H2,1-8H3,(H,27,28). The van der Waals surface area contributed by atoms with E-state index in [-0.39, 0.29) is 34.1 Å². The highest BCUT2D eigenvalue weighted by atomic mass is 35.5. The van der Waals surface area contributed by atoms with Crippen LogP contribution in [0.2, 0.25) is 10.0 Å². The molecule has 7 heteroatoms. The van der Waals surface area contributed by atoms with Crippen LogP contribution < -0.4 is 4.74 Å². The lowest BCUT2D eigenvalue weighted by Crippen LogP contribution is -2.41. The molecule has 0 heterocycles. The normalized spacial score (nSPS) is 20.4. The van der Waals surface area contributed by atoms with Crippen molar-refractivity contribution in [3.8, 4) is 5.75 Å².